The highest BCUT2D eigenvalue weighted by Gasteiger charge is 2.18. The Hall–Kier alpha value is -3.88. The molecule has 0 aliphatic carbocycles. The number of nitrogens with two attached hydrogens (primary N) is 1. The van der Waals surface area contributed by atoms with E-state index in [1.165, 1.54) is 11.9 Å². The van der Waals surface area contributed by atoms with Gasteiger partial charge < -0.3 is 26.4 Å². The van der Waals surface area contributed by atoms with Gasteiger partial charge in [0.25, 0.3) is 0 Å². The highest BCUT2D eigenvalue weighted by atomic mass is 16.4. The van der Waals surface area contributed by atoms with Gasteiger partial charge in [0.15, 0.2) is 5.96 Å². The summed E-state index contributed by atoms with van der Waals surface area (Å²) in [5.41, 5.74) is 5.29. The number of allylic oxidation sites excluding steroid dienone is 12. The summed E-state index contributed by atoms with van der Waals surface area (Å²) >= 11 is 0. The summed E-state index contributed by atoms with van der Waals surface area (Å²) in [4.78, 5) is 36.6. The van der Waals surface area contributed by atoms with Gasteiger partial charge in [-0.25, -0.2) is 0 Å². The topological polar surface area (TPSA) is 149 Å². The van der Waals surface area contributed by atoms with Gasteiger partial charge >= 0.3 is 5.97 Å². The second-order valence-corrected chi connectivity index (χ2v) is 9.53. The summed E-state index contributed by atoms with van der Waals surface area (Å²) in [5.74, 6) is -2.39. The summed E-state index contributed by atoms with van der Waals surface area (Å²) in [6.45, 7) is 2.46. The first-order valence-electron chi connectivity index (χ1n) is 14.5. The highest BCUT2D eigenvalue weighted by molar-refractivity contribution is 5.84. The van der Waals surface area contributed by atoms with Crippen LogP contribution in [-0.2, 0) is 14.4 Å². The van der Waals surface area contributed by atoms with Crippen molar-refractivity contribution in [2.24, 2.45) is 11.7 Å². The van der Waals surface area contributed by atoms with Crippen molar-refractivity contribution in [3.63, 3.8) is 0 Å². The number of nitrogens with one attached hydrogen (secondary N) is 3. The van der Waals surface area contributed by atoms with Crippen LogP contribution in [0, 0.1) is 11.3 Å². The van der Waals surface area contributed by atoms with Crippen LogP contribution in [0.5, 0.6) is 0 Å². The van der Waals surface area contributed by atoms with Gasteiger partial charge in [-0.2, -0.15) is 0 Å². The number of guanidine groups is 1. The third-order valence-electron chi connectivity index (χ3n) is 5.87. The summed E-state index contributed by atoms with van der Waals surface area (Å²) in [5, 5.41) is 22.0. The molecular formula is C32H51N5O4. The summed E-state index contributed by atoms with van der Waals surface area (Å²) in [6, 6.07) is 0. The summed E-state index contributed by atoms with van der Waals surface area (Å²) in [6.07, 6.45) is 33.0. The number of carbonyl (C=O) groups excluding carboxylic acids is 2. The van der Waals surface area contributed by atoms with Crippen molar-refractivity contribution in [2.75, 3.05) is 26.7 Å². The first kappa shape index (κ1) is 37.1. The molecular weight excluding hydrogens is 518 g/mol. The van der Waals surface area contributed by atoms with Gasteiger partial charge in [0.05, 0.1) is 12.5 Å². The van der Waals surface area contributed by atoms with E-state index in [0.717, 1.165) is 38.5 Å². The van der Waals surface area contributed by atoms with Gasteiger partial charge in [-0.05, 0) is 57.8 Å². The second kappa shape index (κ2) is 26.3. The number of nitrogens with zero attached hydrogens (tertiary/aromatic N) is 1. The number of aliphatic carboxylic acids is 1. The van der Waals surface area contributed by atoms with Crippen LogP contribution in [0.2, 0.25) is 0 Å². The predicted octanol–water partition coefficient (Wildman–Crippen LogP) is 5.00. The molecule has 1 unspecified atom stereocenters. The van der Waals surface area contributed by atoms with Crippen molar-refractivity contribution in [3.05, 3.63) is 72.9 Å². The zero-order valence-electron chi connectivity index (χ0n) is 24.9. The maximum atomic E-state index is 12.1. The Labute approximate surface area is 246 Å². The molecule has 0 aliphatic heterocycles. The smallest absolute Gasteiger partial charge is 0.308 e. The number of rotatable bonds is 23. The fourth-order valence-electron chi connectivity index (χ4n) is 3.43. The number of hydrogen-bond donors (Lipinski definition) is 5. The molecule has 0 heterocycles. The van der Waals surface area contributed by atoms with Crippen LogP contribution in [0.15, 0.2) is 72.9 Å². The Balaban J connectivity index is 3.93. The van der Waals surface area contributed by atoms with E-state index >= 15 is 0 Å². The van der Waals surface area contributed by atoms with Gasteiger partial charge in [-0.15, -0.1) is 0 Å². The highest BCUT2D eigenvalue weighted by Crippen LogP contribution is 2.06. The number of hydrogen-bond acceptors (Lipinski definition) is 4. The van der Waals surface area contributed by atoms with E-state index in [2.05, 4.69) is 78.3 Å². The predicted molar refractivity (Wildman–Crippen MR) is 168 cm³/mol. The molecule has 0 aliphatic rings. The zero-order valence-corrected chi connectivity index (χ0v) is 24.9. The molecule has 0 fully saturated rings. The van der Waals surface area contributed by atoms with E-state index < -0.39 is 11.9 Å². The maximum Gasteiger partial charge on any atom is 0.308 e. The van der Waals surface area contributed by atoms with Crippen LogP contribution in [-0.4, -0.2) is 60.4 Å². The van der Waals surface area contributed by atoms with Gasteiger partial charge in [0.1, 0.15) is 0 Å². The maximum absolute atomic E-state index is 12.1. The Morgan fingerprint density at radius 2 is 1.29 bits per heavy atom. The van der Waals surface area contributed by atoms with E-state index in [4.69, 9.17) is 11.1 Å². The lowest BCUT2D eigenvalue weighted by molar-refractivity contribution is -0.142. The molecule has 0 rings (SSSR count). The van der Waals surface area contributed by atoms with E-state index in [1.807, 2.05) is 12.2 Å². The van der Waals surface area contributed by atoms with Crippen LogP contribution in [0.4, 0.5) is 0 Å². The van der Waals surface area contributed by atoms with Gasteiger partial charge in [-0.1, -0.05) is 79.8 Å². The third-order valence-corrected chi connectivity index (χ3v) is 5.87. The van der Waals surface area contributed by atoms with Crippen LogP contribution < -0.4 is 16.4 Å². The Kier molecular flexibility index (Phi) is 23.9. The number of carboxylic acid groups (broad SMARTS) is 1. The van der Waals surface area contributed by atoms with Crippen molar-refractivity contribution in [3.8, 4) is 0 Å². The van der Waals surface area contributed by atoms with Crippen molar-refractivity contribution in [1.82, 2.24) is 15.5 Å². The van der Waals surface area contributed by atoms with Gasteiger partial charge in [-0.3, -0.25) is 19.8 Å². The quantitative estimate of drug-likeness (QED) is 0.0506. The molecule has 6 N–H and O–H groups in total. The molecule has 0 aromatic heterocycles. The molecule has 0 saturated carbocycles. The number of amides is 2. The van der Waals surface area contributed by atoms with Crippen molar-refractivity contribution < 1.29 is 19.5 Å². The van der Waals surface area contributed by atoms with E-state index in [-0.39, 0.29) is 30.9 Å². The molecule has 0 saturated heterocycles. The molecule has 1 atom stereocenters. The molecule has 2 amide bonds. The van der Waals surface area contributed by atoms with Crippen molar-refractivity contribution in [1.29, 1.82) is 5.41 Å². The fraction of sp³-hybridized carbons (Fsp3) is 0.500. The molecule has 0 aromatic rings. The minimum atomic E-state index is -0.982. The lowest BCUT2D eigenvalue weighted by atomic mass is 10.0. The second-order valence-electron chi connectivity index (χ2n) is 9.53. The van der Waals surface area contributed by atoms with Gasteiger partial charge in [0.2, 0.25) is 11.8 Å². The standard InChI is InChI=1S/C32H51N5O4/c1-3-4-5-6-7-8-9-10-11-12-13-14-15-16-17-18-19-20-21-24-29(38)36-26-28(31(40)41)23-22-25-35-30(39)27-37(2)32(33)34/h4-5,7-8,10-11,13-14,16-17,19-20,28H,3,6,9,12,15,18,21-27H2,1-2H3,(H3,33,34)(H,35,39)(H,36,38)(H,40,41). The lowest BCUT2D eigenvalue weighted by Gasteiger charge is -2.16. The molecule has 9 heteroatoms. The Morgan fingerprint density at radius 1 is 0.805 bits per heavy atom. The SMILES string of the molecule is CCC=CCC=CCC=CCC=CCC=CCC=CCCC(=O)NCC(CCCNC(=O)CN(C)C(=N)N)C(=O)O. The average Bonchev–Trinajstić information content (AvgIpc) is 2.93. The Bertz CT molecular complexity index is 934. The number of carboxylic acids is 1. The first-order valence-corrected chi connectivity index (χ1v) is 14.5. The largest absolute Gasteiger partial charge is 0.481 e. The molecule has 0 bridgehead atoms. The average molecular weight is 570 g/mol. The first-order chi connectivity index (χ1) is 19.8. The van der Waals surface area contributed by atoms with Crippen molar-refractivity contribution >= 4 is 23.7 Å². The van der Waals surface area contributed by atoms with Crippen LogP contribution >= 0.6 is 0 Å². The monoisotopic (exact) mass is 569 g/mol. The molecule has 0 aromatic carbocycles. The fourth-order valence-corrected chi connectivity index (χ4v) is 3.43. The molecule has 9 nitrogen and oxygen atoms in total. The van der Waals surface area contributed by atoms with Crippen LogP contribution in [0.3, 0.4) is 0 Å². The van der Waals surface area contributed by atoms with Gasteiger partial charge in [0, 0.05) is 26.6 Å². The molecule has 41 heavy (non-hydrogen) atoms. The molecule has 228 valence electrons. The minimum absolute atomic E-state index is 0.0372. The third kappa shape index (κ3) is 24.9. The number of carbonyl (C=O) groups is 3. The van der Waals surface area contributed by atoms with E-state index in [9.17, 15) is 19.5 Å². The van der Waals surface area contributed by atoms with E-state index in [0.29, 0.717) is 32.2 Å². The van der Waals surface area contributed by atoms with Crippen LogP contribution in [0.1, 0.15) is 71.1 Å². The van der Waals surface area contributed by atoms with Crippen molar-refractivity contribution in [2.45, 2.75) is 71.1 Å². The summed E-state index contributed by atoms with van der Waals surface area (Å²) in [7, 11) is 1.53. The molecule has 0 radical (unpaired) electrons. The Morgan fingerprint density at radius 3 is 1.76 bits per heavy atom. The van der Waals surface area contributed by atoms with E-state index in [1.54, 1.807) is 0 Å². The zero-order chi connectivity index (χ0) is 30.6. The lowest BCUT2D eigenvalue weighted by Crippen LogP contribution is -2.41. The molecule has 0 spiro atoms. The normalized spacial score (nSPS) is 12.8. The minimum Gasteiger partial charge on any atom is -0.481 e. The number of likely N-dealkylation sites (N-methyl/N-ethyl adjacent to an activating group) is 1. The summed E-state index contributed by atoms with van der Waals surface area (Å²) < 4.78 is 0. The van der Waals surface area contributed by atoms with Crippen LogP contribution in [0.25, 0.3) is 0 Å².